The van der Waals surface area contributed by atoms with Crippen molar-refractivity contribution in [1.29, 1.82) is 0 Å². The minimum Gasteiger partial charge on any atom is -0.497 e. The Morgan fingerprint density at radius 2 is 1.85 bits per heavy atom. The second-order valence-electron chi connectivity index (χ2n) is 5.92. The lowest BCUT2D eigenvalue weighted by molar-refractivity contribution is -0.144. The molecule has 26 heavy (non-hydrogen) atoms. The fraction of sp³-hybridized carbons (Fsp3) is 0.200. The molecule has 3 aromatic rings. The van der Waals surface area contributed by atoms with Gasteiger partial charge in [0.05, 0.1) is 12.5 Å². The summed E-state index contributed by atoms with van der Waals surface area (Å²) in [6.45, 7) is 3.25. The van der Waals surface area contributed by atoms with E-state index >= 15 is 0 Å². The Bertz CT molecular complexity index is 1020. The van der Waals surface area contributed by atoms with Gasteiger partial charge in [0.25, 0.3) is 0 Å². The number of carboxylic acids is 1. The third kappa shape index (κ3) is 3.26. The first-order valence-corrected chi connectivity index (χ1v) is 8.02. The number of fused-ring (bicyclic) bond motifs is 1. The smallest absolute Gasteiger partial charge is 0.344 e. The van der Waals surface area contributed by atoms with Gasteiger partial charge in [0.15, 0.2) is 11.9 Å². The summed E-state index contributed by atoms with van der Waals surface area (Å²) in [5.41, 5.74) is 1.52. The van der Waals surface area contributed by atoms with E-state index < -0.39 is 17.5 Å². The lowest BCUT2D eigenvalue weighted by Crippen LogP contribution is -2.26. The fourth-order valence-electron chi connectivity index (χ4n) is 2.55. The molecule has 3 rings (SSSR count). The van der Waals surface area contributed by atoms with Gasteiger partial charge in [0.1, 0.15) is 11.3 Å². The van der Waals surface area contributed by atoms with Gasteiger partial charge in [0, 0.05) is 5.56 Å². The normalized spacial score (nSPS) is 12.0. The number of hydrogen-bond acceptors (Lipinski definition) is 5. The van der Waals surface area contributed by atoms with Crippen LogP contribution in [0.1, 0.15) is 12.5 Å². The molecule has 0 fully saturated rings. The van der Waals surface area contributed by atoms with Crippen molar-refractivity contribution in [3.63, 3.8) is 0 Å². The number of aryl methyl sites for hydroxylation is 1. The number of ether oxygens (including phenoxy) is 2. The molecule has 0 aliphatic carbocycles. The van der Waals surface area contributed by atoms with E-state index in [4.69, 9.17) is 19.0 Å². The van der Waals surface area contributed by atoms with Crippen LogP contribution in [0.25, 0.3) is 22.3 Å². The Labute approximate surface area is 149 Å². The zero-order chi connectivity index (χ0) is 18.8. The van der Waals surface area contributed by atoms with Gasteiger partial charge in [-0.1, -0.05) is 6.07 Å². The molecule has 0 aliphatic rings. The maximum atomic E-state index is 12.9. The molecular weight excluding hydrogens is 336 g/mol. The first kappa shape index (κ1) is 17.5. The number of benzene rings is 2. The standard InChI is InChI=1S/C20H18O6/c1-11-4-9-15-16(10-11)26-18(13-5-7-14(24-3)8-6-13)19(17(15)21)25-12(2)20(22)23/h4-10,12H,1-3H3,(H,22,23). The molecule has 6 heteroatoms. The van der Waals surface area contributed by atoms with E-state index in [1.54, 1.807) is 49.6 Å². The van der Waals surface area contributed by atoms with E-state index in [9.17, 15) is 9.59 Å². The molecule has 0 saturated heterocycles. The van der Waals surface area contributed by atoms with Crippen LogP contribution in [0, 0.1) is 6.92 Å². The maximum Gasteiger partial charge on any atom is 0.344 e. The van der Waals surface area contributed by atoms with Crippen LogP contribution >= 0.6 is 0 Å². The summed E-state index contributed by atoms with van der Waals surface area (Å²) in [5.74, 6) is -0.464. The van der Waals surface area contributed by atoms with Crippen molar-refractivity contribution in [3.8, 4) is 22.8 Å². The third-order valence-electron chi connectivity index (χ3n) is 4.00. The van der Waals surface area contributed by atoms with Crippen molar-refractivity contribution in [2.24, 2.45) is 0 Å². The molecule has 0 amide bonds. The van der Waals surface area contributed by atoms with Crippen molar-refractivity contribution in [2.75, 3.05) is 7.11 Å². The monoisotopic (exact) mass is 354 g/mol. The summed E-state index contributed by atoms with van der Waals surface area (Å²) in [4.78, 5) is 24.1. The highest BCUT2D eigenvalue weighted by atomic mass is 16.5. The van der Waals surface area contributed by atoms with Gasteiger partial charge in [0.2, 0.25) is 11.2 Å². The summed E-state index contributed by atoms with van der Waals surface area (Å²) in [5, 5.41) is 9.47. The Morgan fingerprint density at radius 1 is 1.15 bits per heavy atom. The molecule has 1 aromatic heterocycles. The van der Waals surface area contributed by atoms with E-state index in [0.717, 1.165) is 5.56 Å². The minimum atomic E-state index is -1.20. The van der Waals surface area contributed by atoms with Crippen LogP contribution in [0.4, 0.5) is 0 Å². The Hall–Kier alpha value is -3.28. The average Bonchev–Trinajstić information content (AvgIpc) is 2.63. The second kappa shape index (κ2) is 6.92. The van der Waals surface area contributed by atoms with Crippen LogP contribution in [0.3, 0.4) is 0 Å². The molecule has 0 bridgehead atoms. The maximum absolute atomic E-state index is 12.9. The first-order valence-electron chi connectivity index (χ1n) is 8.02. The number of carbonyl (C=O) groups is 1. The number of carboxylic acid groups (broad SMARTS) is 1. The molecule has 1 atom stereocenters. The van der Waals surface area contributed by atoms with Crippen molar-refractivity contribution < 1.29 is 23.8 Å². The van der Waals surface area contributed by atoms with E-state index in [1.165, 1.54) is 6.92 Å². The van der Waals surface area contributed by atoms with Crippen LogP contribution < -0.4 is 14.9 Å². The highest BCUT2D eigenvalue weighted by Gasteiger charge is 2.22. The van der Waals surface area contributed by atoms with Crippen LogP contribution in [-0.4, -0.2) is 24.3 Å². The summed E-state index contributed by atoms with van der Waals surface area (Å²) in [6.07, 6.45) is -1.20. The number of aliphatic carboxylic acids is 1. The Kier molecular flexibility index (Phi) is 4.67. The third-order valence-corrected chi connectivity index (χ3v) is 4.00. The Morgan fingerprint density at radius 3 is 2.46 bits per heavy atom. The lowest BCUT2D eigenvalue weighted by Gasteiger charge is -2.14. The predicted molar refractivity (Wildman–Crippen MR) is 96.9 cm³/mol. The molecule has 1 N–H and O–H groups in total. The lowest BCUT2D eigenvalue weighted by atomic mass is 10.1. The largest absolute Gasteiger partial charge is 0.497 e. The predicted octanol–water partition coefficient (Wildman–Crippen LogP) is 3.63. The highest BCUT2D eigenvalue weighted by molar-refractivity contribution is 5.83. The summed E-state index contributed by atoms with van der Waals surface area (Å²) < 4.78 is 16.5. The molecule has 0 spiro atoms. The Balaban J connectivity index is 2.25. The average molecular weight is 354 g/mol. The van der Waals surface area contributed by atoms with Crippen molar-refractivity contribution in [2.45, 2.75) is 20.0 Å². The summed E-state index contributed by atoms with van der Waals surface area (Å²) >= 11 is 0. The van der Waals surface area contributed by atoms with Gasteiger partial charge < -0.3 is 19.0 Å². The zero-order valence-corrected chi connectivity index (χ0v) is 14.6. The van der Waals surface area contributed by atoms with Gasteiger partial charge in [-0.25, -0.2) is 4.79 Å². The molecule has 0 radical (unpaired) electrons. The molecule has 2 aromatic carbocycles. The molecule has 134 valence electrons. The van der Waals surface area contributed by atoms with Crippen LogP contribution in [0.2, 0.25) is 0 Å². The molecule has 1 heterocycles. The van der Waals surface area contributed by atoms with Gasteiger partial charge in [-0.15, -0.1) is 0 Å². The SMILES string of the molecule is COc1ccc(-c2oc3cc(C)ccc3c(=O)c2OC(C)C(=O)O)cc1. The van der Waals surface area contributed by atoms with Crippen molar-refractivity contribution >= 4 is 16.9 Å². The van der Waals surface area contributed by atoms with Crippen molar-refractivity contribution in [3.05, 3.63) is 58.3 Å². The molecule has 1 unspecified atom stereocenters. The quantitative estimate of drug-likeness (QED) is 0.753. The highest BCUT2D eigenvalue weighted by Crippen LogP contribution is 2.32. The van der Waals surface area contributed by atoms with Gasteiger partial charge >= 0.3 is 5.97 Å². The van der Waals surface area contributed by atoms with E-state index in [0.29, 0.717) is 22.3 Å². The topological polar surface area (TPSA) is 86.0 Å². The van der Waals surface area contributed by atoms with Crippen LogP contribution in [0.15, 0.2) is 51.7 Å². The molecule has 0 aliphatic heterocycles. The van der Waals surface area contributed by atoms with E-state index in [1.807, 2.05) is 6.92 Å². The minimum absolute atomic E-state index is 0.124. The number of methoxy groups -OCH3 is 1. The summed E-state index contributed by atoms with van der Waals surface area (Å²) in [6, 6.07) is 12.1. The molecule has 6 nitrogen and oxygen atoms in total. The number of hydrogen-bond donors (Lipinski definition) is 1. The van der Waals surface area contributed by atoms with E-state index in [2.05, 4.69) is 0 Å². The van der Waals surface area contributed by atoms with Gasteiger partial charge in [-0.05, 0) is 55.8 Å². The summed E-state index contributed by atoms with van der Waals surface area (Å²) in [7, 11) is 1.55. The molecule has 0 saturated carbocycles. The zero-order valence-electron chi connectivity index (χ0n) is 14.6. The number of rotatable bonds is 5. The second-order valence-corrected chi connectivity index (χ2v) is 5.92. The van der Waals surface area contributed by atoms with Crippen LogP contribution in [-0.2, 0) is 4.79 Å². The van der Waals surface area contributed by atoms with Crippen molar-refractivity contribution in [1.82, 2.24) is 0 Å². The van der Waals surface area contributed by atoms with Gasteiger partial charge in [-0.3, -0.25) is 4.79 Å². The first-order chi connectivity index (χ1) is 12.4. The van der Waals surface area contributed by atoms with Gasteiger partial charge in [-0.2, -0.15) is 0 Å². The van der Waals surface area contributed by atoms with E-state index in [-0.39, 0.29) is 11.5 Å². The molecular formula is C20H18O6. The van der Waals surface area contributed by atoms with Crippen LogP contribution in [0.5, 0.6) is 11.5 Å². The fourth-order valence-corrected chi connectivity index (χ4v) is 2.55.